The Balaban J connectivity index is 1.88. The van der Waals surface area contributed by atoms with Crippen LogP contribution in [0, 0.1) is 5.41 Å². The van der Waals surface area contributed by atoms with Gasteiger partial charge in [-0.25, -0.2) is 0 Å². The number of carbonyl (C=O) groups excluding carboxylic acids is 1. The van der Waals surface area contributed by atoms with Crippen LogP contribution in [0.3, 0.4) is 0 Å². The minimum atomic E-state index is -0.845. The summed E-state index contributed by atoms with van der Waals surface area (Å²) in [6.07, 6.45) is 6.39. The zero-order valence-electron chi connectivity index (χ0n) is 10.8. The number of aliphatic carboxylic acids is 1. The maximum atomic E-state index is 11.9. The van der Waals surface area contributed by atoms with Gasteiger partial charge in [-0.3, -0.25) is 14.6 Å². The van der Waals surface area contributed by atoms with Crippen LogP contribution in [0.15, 0.2) is 24.5 Å². The number of hydrogen-bond acceptors (Lipinski definition) is 3. The summed E-state index contributed by atoms with van der Waals surface area (Å²) in [6.45, 7) is 0.414. The number of pyridine rings is 1. The Morgan fingerprint density at radius 2 is 1.89 bits per heavy atom. The standard InChI is InChI=1S/C14H18N2O3/c17-12(16-10-11-3-7-15-8-4-11)9-14(13(18)19)5-1-2-6-14/h3-4,7-8H,1-2,5-6,9-10H2,(H,16,17)(H,18,19). The molecule has 1 aliphatic rings. The number of aromatic nitrogens is 1. The molecule has 5 nitrogen and oxygen atoms in total. The molecule has 0 radical (unpaired) electrons. The van der Waals surface area contributed by atoms with E-state index in [4.69, 9.17) is 0 Å². The Labute approximate surface area is 112 Å². The highest BCUT2D eigenvalue weighted by Gasteiger charge is 2.42. The predicted molar refractivity (Wildman–Crippen MR) is 69.2 cm³/mol. The van der Waals surface area contributed by atoms with Gasteiger partial charge in [0.1, 0.15) is 0 Å². The molecule has 5 heteroatoms. The zero-order valence-corrected chi connectivity index (χ0v) is 10.8. The largest absolute Gasteiger partial charge is 0.481 e. The van der Waals surface area contributed by atoms with E-state index in [2.05, 4.69) is 10.3 Å². The van der Waals surface area contributed by atoms with Gasteiger partial charge in [0.15, 0.2) is 0 Å². The molecule has 0 aliphatic heterocycles. The molecule has 1 fully saturated rings. The SMILES string of the molecule is O=C(CC1(C(=O)O)CCCC1)NCc1ccncc1. The monoisotopic (exact) mass is 262 g/mol. The first kappa shape index (κ1) is 13.5. The molecule has 0 saturated heterocycles. The first-order chi connectivity index (χ1) is 9.12. The van der Waals surface area contributed by atoms with E-state index < -0.39 is 11.4 Å². The Morgan fingerprint density at radius 1 is 1.26 bits per heavy atom. The quantitative estimate of drug-likeness (QED) is 0.847. The molecule has 0 spiro atoms. The van der Waals surface area contributed by atoms with Gasteiger partial charge in [0, 0.05) is 25.4 Å². The van der Waals surface area contributed by atoms with Crippen LogP contribution in [-0.2, 0) is 16.1 Å². The summed E-state index contributed by atoms with van der Waals surface area (Å²) in [5.74, 6) is -1.04. The summed E-state index contributed by atoms with van der Waals surface area (Å²) < 4.78 is 0. The van der Waals surface area contributed by atoms with Gasteiger partial charge in [-0.1, -0.05) is 12.8 Å². The number of rotatable bonds is 5. The van der Waals surface area contributed by atoms with E-state index in [1.807, 2.05) is 12.1 Å². The summed E-state index contributed by atoms with van der Waals surface area (Å²) >= 11 is 0. The Hall–Kier alpha value is -1.91. The number of carbonyl (C=O) groups is 2. The third kappa shape index (κ3) is 3.30. The lowest BCUT2D eigenvalue weighted by molar-refractivity contribution is -0.151. The Morgan fingerprint density at radius 3 is 2.47 bits per heavy atom. The smallest absolute Gasteiger partial charge is 0.310 e. The van der Waals surface area contributed by atoms with Crippen LogP contribution in [0.1, 0.15) is 37.7 Å². The minimum Gasteiger partial charge on any atom is -0.481 e. The van der Waals surface area contributed by atoms with E-state index >= 15 is 0 Å². The van der Waals surface area contributed by atoms with Crippen molar-refractivity contribution in [1.29, 1.82) is 0 Å². The topological polar surface area (TPSA) is 79.3 Å². The van der Waals surface area contributed by atoms with Gasteiger partial charge in [0.25, 0.3) is 0 Å². The number of nitrogens with one attached hydrogen (secondary N) is 1. The molecule has 19 heavy (non-hydrogen) atoms. The second kappa shape index (κ2) is 5.82. The van der Waals surface area contributed by atoms with Gasteiger partial charge >= 0.3 is 5.97 Å². The van der Waals surface area contributed by atoms with Crippen LogP contribution in [0.25, 0.3) is 0 Å². The van der Waals surface area contributed by atoms with Crippen LogP contribution in [-0.4, -0.2) is 22.0 Å². The van der Waals surface area contributed by atoms with E-state index in [0.717, 1.165) is 18.4 Å². The highest BCUT2D eigenvalue weighted by atomic mass is 16.4. The fourth-order valence-electron chi connectivity index (χ4n) is 2.59. The van der Waals surface area contributed by atoms with Crippen molar-refractivity contribution in [3.05, 3.63) is 30.1 Å². The molecule has 0 unspecified atom stereocenters. The number of carboxylic acids is 1. The molecule has 1 aromatic rings. The molecule has 1 amide bonds. The molecular formula is C14H18N2O3. The summed E-state index contributed by atoms with van der Waals surface area (Å²) in [5, 5.41) is 12.1. The zero-order chi connectivity index (χ0) is 13.7. The fourth-order valence-corrected chi connectivity index (χ4v) is 2.59. The summed E-state index contributed by atoms with van der Waals surface area (Å²) in [5.41, 5.74) is 0.113. The van der Waals surface area contributed by atoms with E-state index in [-0.39, 0.29) is 12.3 Å². The van der Waals surface area contributed by atoms with Gasteiger partial charge in [-0.2, -0.15) is 0 Å². The second-order valence-electron chi connectivity index (χ2n) is 5.10. The van der Waals surface area contributed by atoms with Crippen molar-refractivity contribution in [2.75, 3.05) is 0 Å². The molecule has 0 atom stereocenters. The number of hydrogen-bond donors (Lipinski definition) is 2. The molecule has 1 heterocycles. The van der Waals surface area contributed by atoms with Crippen molar-refractivity contribution >= 4 is 11.9 Å². The Bertz CT molecular complexity index is 453. The molecule has 1 aromatic heterocycles. The summed E-state index contributed by atoms with van der Waals surface area (Å²) in [4.78, 5) is 27.1. The van der Waals surface area contributed by atoms with Crippen LogP contribution in [0.2, 0.25) is 0 Å². The predicted octanol–water partition coefficient (Wildman–Crippen LogP) is 1.73. The molecule has 0 bridgehead atoms. The first-order valence-corrected chi connectivity index (χ1v) is 6.51. The second-order valence-corrected chi connectivity index (χ2v) is 5.10. The first-order valence-electron chi connectivity index (χ1n) is 6.51. The molecule has 1 saturated carbocycles. The summed E-state index contributed by atoms with van der Waals surface area (Å²) in [7, 11) is 0. The van der Waals surface area contributed by atoms with Crippen molar-refractivity contribution in [2.24, 2.45) is 5.41 Å². The third-order valence-electron chi connectivity index (χ3n) is 3.75. The van der Waals surface area contributed by atoms with Crippen LogP contribution < -0.4 is 5.32 Å². The van der Waals surface area contributed by atoms with Crippen LogP contribution in [0.5, 0.6) is 0 Å². The van der Waals surface area contributed by atoms with E-state index in [9.17, 15) is 14.7 Å². The maximum Gasteiger partial charge on any atom is 0.310 e. The molecule has 1 aliphatic carbocycles. The van der Waals surface area contributed by atoms with Crippen molar-refractivity contribution < 1.29 is 14.7 Å². The molecule has 102 valence electrons. The maximum absolute atomic E-state index is 11.9. The average molecular weight is 262 g/mol. The van der Waals surface area contributed by atoms with Crippen LogP contribution >= 0.6 is 0 Å². The fraction of sp³-hybridized carbons (Fsp3) is 0.500. The van der Waals surface area contributed by atoms with E-state index in [1.165, 1.54) is 0 Å². The lowest BCUT2D eigenvalue weighted by Crippen LogP contribution is -2.35. The average Bonchev–Trinajstić information content (AvgIpc) is 2.87. The lowest BCUT2D eigenvalue weighted by atomic mass is 9.82. The van der Waals surface area contributed by atoms with Crippen molar-refractivity contribution in [3.63, 3.8) is 0 Å². The van der Waals surface area contributed by atoms with E-state index in [1.54, 1.807) is 12.4 Å². The third-order valence-corrected chi connectivity index (χ3v) is 3.75. The van der Waals surface area contributed by atoms with Crippen molar-refractivity contribution in [3.8, 4) is 0 Å². The summed E-state index contributed by atoms with van der Waals surface area (Å²) in [6, 6.07) is 3.64. The molecule has 2 N–H and O–H groups in total. The number of carboxylic acid groups (broad SMARTS) is 1. The number of amides is 1. The van der Waals surface area contributed by atoms with Gasteiger partial charge in [-0.05, 0) is 30.5 Å². The van der Waals surface area contributed by atoms with Crippen LogP contribution in [0.4, 0.5) is 0 Å². The lowest BCUT2D eigenvalue weighted by Gasteiger charge is -2.22. The highest BCUT2D eigenvalue weighted by molar-refractivity contribution is 5.85. The Kier molecular flexibility index (Phi) is 4.14. The molecular weight excluding hydrogens is 244 g/mol. The van der Waals surface area contributed by atoms with Gasteiger partial charge in [-0.15, -0.1) is 0 Å². The van der Waals surface area contributed by atoms with Gasteiger partial charge in [0.2, 0.25) is 5.91 Å². The molecule has 2 rings (SSSR count). The number of nitrogens with zero attached hydrogens (tertiary/aromatic N) is 1. The molecule has 0 aromatic carbocycles. The highest BCUT2D eigenvalue weighted by Crippen LogP contribution is 2.41. The van der Waals surface area contributed by atoms with Gasteiger partial charge in [0.05, 0.1) is 5.41 Å². The van der Waals surface area contributed by atoms with E-state index in [0.29, 0.717) is 19.4 Å². The normalized spacial score (nSPS) is 17.1. The van der Waals surface area contributed by atoms with Crippen molar-refractivity contribution in [1.82, 2.24) is 10.3 Å². The van der Waals surface area contributed by atoms with Crippen molar-refractivity contribution in [2.45, 2.75) is 38.6 Å². The van der Waals surface area contributed by atoms with Gasteiger partial charge < -0.3 is 10.4 Å². The minimum absolute atomic E-state index is 0.0768.